The minimum atomic E-state index is -4.47. The van der Waals surface area contributed by atoms with Crippen LogP contribution < -0.4 is 4.52 Å². The van der Waals surface area contributed by atoms with Crippen LogP contribution in [0.3, 0.4) is 0 Å². The predicted molar refractivity (Wildman–Crippen MR) is 226 cm³/mol. The molecule has 12 heteroatoms. The van der Waals surface area contributed by atoms with Crippen molar-refractivity contribution in [2.45, 2.75) is 82.3 Å². The SMILES string of the molecule is CC(CO)OCC(O)(c1ccccc1)C(c1ccccc1)(c1ccccc1)c1ccccc1.CCCCCCCCCc1ccccc1OP(=O)(O)O.OP(O)O. The molecule has 5 rings (SSSR count). The van der Waals surface area contributed by atoms with Crippen LogP contribution in [0.2, 0.25) is 0 Å². The largest absolute Gasteiger partial charge is 0.524 e. The lowest BCUT2D eigenvalue weighted by Crippen LogP contribution is -2.54. The molecule has 0 bridgehead atoms. The summed E-state index contributed by atoms with van der Waals surface area (Å²) in [5.41, 5.74) is 2.00. The van der Waals surface area contributed by atoms with Crippen molar-refractivity contribution >= 4 is 16.4 Å². The Labute approximate surface area is 338 Å². The van der Waals surface area contributed by atoms with E-state index in [1.807, 2.05) is 97.1 Å². The fourth-order valence-electron chi connectivity index (χ4n) is 6.92. The molecule has 2 unspecified atom stereocenters. The second-order valence-electron chi connectivity index (χ2n) is 13.7. The summed E-state index contributed by atoms with van der Waals surface area (Å²) in [5.74, 6) is 0.298. The fraction of sp³-hybridized carbons (Fsp3) is 0.333. The van der Waals surface area contributed by atoms with Crippen molar-refractivity contribution in [1.29, 1.82) is 0 Å². The quantitative estimate of drug-likeness (QED) is 0.0242. The average molecular weight is 821 g/mol. The summed E-state index contributed by atoms with van der Waals surface area (Å²) in [6.45, 7) is 3.88. The zero-order chi connectivity index (χ0) is 41.6. The minimum absolute atomic E-state index is 0.00256. The molecule has 2 atom stereocenters. The highest BCUT2D eigenvalue weighted by molar-refractivity contribution is 7.46. The Hall–Kier alpha value is -3.76. The van der Waals surface area contributed by atoms with Crippen LogP contribution in [0, 0.1) is 0 Å². The van der Waals surface area contributed by atoms with Gasteiger partial charge in [0.2, 0.25) is 0 Å². The van der Waals surface area contributed by atoms with Crippen LogP contribution in [0.15, 0.2) is 146 Å². The average Bonchev–Trinajstić information content (AvgIpc) is 3.21. The van der Waals surface area contributed by atoms with Gasteiger partial charge in [-0.1, -0.05) is 185 Å². The smallest absolute Gasteiger partial charge is 0.404 e. The summed E-state index contributed by atoms with van der Waals surface area (Å²) in [6, 6.07) is 47.0. The normalized spacial score (nSPS) is 13.0. The van der Waals surface area contributed by atoms with Gasteiger partial charge in [0.1, 0.15) is 11.4 Å². The number of para-hydroxylation sites is 1. The van der Waals surface area contributed by atoms with Gasteiger partial charge >= 0.3 is 16.4 Å². The number of rotatable bonds is 19. The van der Waals surface area contributed by atoms with Crippen molar-refractivity contribution in [3.05, 3.63) is 173 Å². The first-order valence-corrected chi connectivity index (χ1v) is 22.0. The first-order chi connectivity index (χ1) is 27.4. The van der Waals surface area contributed by atoms with Crippen LogP contribution in [-0.2, 0) is 26.7 Å². The molecule has 0 fully saturated rings. The van der Waals surface area contributed by atoms with Gasteiger partial charge in [0.05, 0.1) is 24.7 Å². The number of aliphatic hydroxyl groups is 2. The summed E-state index contributed by atoms with van der Waals surface area (Å²) in [5, 5.41) is 22.5. The molecule has 308 valence electrons. The summed E-state index contributed by atoms with van der Waals surface area (Å²) in [6.07, 6.45) is 8.91. The molecule has 0 amide bonds. The number of phosphoric acid groups is 1. The summed E-state index contributed by atoms with van der Waals surface area (Å²) >= 11 is 0. The van der Waals surface area contributed by atoms with Crippen molar-refractivity contribution in [3.63, 3.8) is 0 Å². The molecule has 0 aliphatic carbocycles. The van der Waals surface area contributed by atoms with E-state index in [4.69, 9.17) is 33.7 Å². The molecular weight excluding hydrogens is 762 g/mol. The van der Waals surface area contributed by atoms with E-state index in [1.165, 1.54) is 32.1 Å². The van der Waals surface area contributed by atoms with E-state index in [9.17, 15) is 14.8 Å². The Kier molecular flexibility index (Phi) is 20.8. The van der Waals surface area contributed by atoms with Crippen molar-refractivity contribution in [1.82, 2.24) is 0 Å². The number of aryl methyl sites for hydroxylation is 1. The molecule has 57 heavy (non-hydrogen) atoms. The first-order valence-electron chi connectivity index (χ1n) is 19.3. The number of ether oxygens (including phenoxy) is 1. The van der Waals surface area contributed by atoms with Crippen LogP contribution in [0.1, 0.15) is 86.6 Å². The predicted octanol–water partition coefficient (Wildman–Crippen LogP) is 8.95. The number of hydrogen-bond donors (Lipinski definition) is 7. The topological polar surface area (TPSA) is 177 Å². The van der Waals surface area contributed by atoms with E-state index < -0.39 is 33.5 Å². The maximum Gasteiger partial charge on any atom is 0.524 e. The van der Waals surface area contributed by atoms with Gasteiger partial charge in [-0.05, 0) is 53.6 Å². The molecule has 10 nitrogen and oxygen atoms in total. The van der Waals surface area contributed by atoms with Gasteiger partial charge in [-0.2, -0.15) is 0 Å². The van der Waals surface area contributed by atoms with Gasteiger partial charge in [-0.25, -0.2) is 4.57 Å². The maximum absolute atomic E-state index is 12.9. The number of unbranched alkanes of at least 4 members (excludes halogenated alkanes) is 6. The molecule has 7 N–H and O–H groups in total. The zero-order valence-electron chi connectivity index (χ0n) is 32.8. The van der Waals surface area contributed by atoms with Gasteiger partial charge in [0.25, 0.3) is 0 Å². The van der Waals surface area contributed by atoms with Crippen LogP contribution in [0.5, 0.6) is 5.75 Å². The highest BCUT2D eigenvalue weighted by Gasteiger charge is 2.55. The Morgan fingerprint density at radius 2 is 1.00 bits per heavy atom. The Balaban J connectivity index is 0.000000309. The summed E-state index contributed by atoms with van der Waals surface area (Å²) in [4.78, 5) is 39.4. The van der Waals surface area contributed by atoms with Gasteiger partial charge in [-0.15, -0.1) is 0 Å². The van der Waals surface area contributed by atoms with E-state index in [0.717, 1.165) is 47.1 Å². The van der Waals surface area contributed by atoms with Gasteiger partial charge < -0.3 is 34.2 Å². The summed E-state index contributed by atoms with van der Waals surface area (Å²) in [7, 11) is -7.09. The van der Waals surface area contributed by atoms with Crippen LogP contribution in [-0.4, -0.2) is 54.0 Å². The van der Waals surface area contributed by atoms with Gasteiger partial charge in [0, 0.05) is 0 Å². The van der Waals surface area contributed by atoms with E-state index in [0.29, 0.717) is 5.75 Å². The van der Waals surface area contributed by atoms with E-state index in [2.05, 4.69) is 43.3 Å². The molecule has 0 saturated carbocycles. The van der Waals surface area contributed by atoms with Gasteiger partial charge in [-0.3, -0.25) is 9.79 Å². The molecule has 5 aromatic rings. The third-order valence-corrected chi connectivity index (χ3v) is 10.0. The fourth-order valence-corrected chi connectivity index (χ4v) is 7.35. The lowest BCUT2D eigenvalue weighted by atomic mass is 9.57. The third-order valence-electron chi connectivity index (χ3n) is 9.57. The number of aliphatic hydroxyl groups excluding tert-OH is 1. The lowest BCUT2D eigenvalue weighted by molar-refractivity contribution is -0.109. The van der Waals surface area contributed by atoms with Crippen molar-refractivity contribution in [3.8, 4) is 5.75 Å². The van der Waals surface area contributed by atoms with Crippen molar-refractivity contribution in [2.75, 3.05) is 13.2 Å². The lowest BCUT2D eigenvalue weighted by Gasteiger charge is -2.49. The summed E-state index contributed by atoms with van der Waals surface area (Å²) < 4.78 is 21.7. The third kappa shape index (κ3) is 14.8. The number of phosphoric ester groups is 1. The molecule has 0 aromatic heterocycles. The second-order valence-corrected chi connectivity index (χ2v) is 15.4. The Morgan fingerprint density at radius 1 is 0.614 bits per heavy atom. The molecule has 0 saturated heterocycles. The molecule has 0 radical (unpaired) electrons. The van der Waals surface area contributed by atoms with Gasteiger partial charge in [0.15, 0.2) is 0 Å². The molecule has 0 heterocycles. The van der Waals surface area contributed by atoms with Crippen molar-refractivity contribution < 1.29 is 48.5 Å². The zero-order valence-corrected chi connectivity index (χ0v) is 34.5. The minimum Gasteiger partial charge on any atom is -0.404 e. The Bertz CT molecular complexity index is 1740. The number of hydrogen-bond acceptors (Lipinski definition) is 8. The van der Waals surface area contributed by atoms with E-state index in [1.54, 1.807) is 19.1 Å². The van der Waals surface area contributed by atoms with Crippen LogP contribution in [0.4, 0.5) is 0 Å². The molecule has 5 aromatic carbocycles. The molecular formula is C45H58O10P2. The number of benzene rings is 5. The standard InChI is InChI=1S/C30H30O3.C15H25O4P.H3O3P/c1-24(22-31)33-23-29(32,25-14-6-2-7-15-25)30(26-16-8-3-9-17-26,27-18-10-4-11-19-27)28-20-12-5-13-21-28;1-2-3-4-5-6-7-8-11-14-12-9-10-13-15(14)19-20(16,17)18;1-4(2)3/h2-21,24,31-32H,22-23H2,1H3;9-10,12-13H,2-8,11H2,1H3,(H2,16,17,18);1-3H. The molecule has 0 aliphatic rings. The Morgan fingerprint density at radius 3 is 1.42 bits per heavy atom. The van der Waals surface area contributed by atoms with Crippen LogP contribution in [0.25, 0.3) is 0 Å². The highest BCUT2D eigenvalue weighted by atomic mass is 31.2. The van der Waals surface area contributed by atoms with E-state index >= 15 is 0 Å². The second kappa shape index (κ2) is 24.9. The molecule has 0 spiro atoms. The van der Waals surface area contributed by atoms with E-state index in [-0.39, 0.29) is 13.2 Å². The maximum atomic E-state index is 12.9. The monoisotopic (exact) mass is 820 g/mol. The highest BCUT2D eigenvalue weighted by Crippen LogP contribution is 2.52. The van der Waals surface area contributed by atoms with Crippen molar-refractivity contribution in [2.24, 2.45) is 0 Å². The first kappa shape index (κ1) is 47.6. The molecule has 0 aliphatic heterocycles. The van der Waals surface area contributed by atoms with Crippen LogP contribution >= 0.6 is 16.4 Å².